The van der Waals surface area contributed by atoms with E-state index >= 15 is 0 Å². The number of nitrogens with one attached hydrogen (secondary N) is 2. The van der Waals surface area contributed by atoms with Gasteiger partial charge in [0.2, 0.25) is 5.91 Å². The van der Waals surface area contributed by atoms with Crippen molar-refractivity contribution in [1.29, 1.82) is 0 Å². The number of amides is 1. The number of anilines is 2. The quantitative estimate of drug-likeness (QED) is 0.823. The zero-order chi connectivity index (χ0) is 13.5. The lowest BCUT2D eigenvalue weighted by molar-refractivity contribution is -0.116. The van der Waals surface area contributed by atoms with Crippen molar-refractivity contribution in [1.82, 2.24) is 4.98 Å². The second-order valence-corrected chi connectivity index (χ2v) is 5.21. The molecule has 1 saturated carbocycles. The summed E-state index contributed by atoms with van der Waals surface area (Å²) in [5.74, 6) is 0.684. The van der Waals surface area contributed by atoms with Gasteiger partial charge in [-0.05, 0) is 31.4 Å². The van der Waals surface area contributed by atoms with Crippen LogP contribution in [0.3, 0.4) is 0 Å². The molecule has 1 aliphatic rings. The van der Waals surface area contributed by atoms with E-state index in [4.69, 9.17) is 0 Å². The van der Waals surface area contributed by atoms with Gasteiger partial charge in [0.05, 0.1) is 11.9 Å². The lowest BCUT2D eigenvalue weighted by atomic mass is 10.2. The van der Waals surface area contributed by atoms with Crippen LogP contribution < -0.4 is 10.6 Å². The summed E-state index contributed by atoms with van der Waals surface area (Å²) in [6.07, 6.45) is 9.45. The Balaban J connectivity index is 1.82. The molecule has 0 aromatic carbocycles. The number of nitrogens with zero attached hydrogens (tertiary/aromatic N) is 1. The Hall–Kier alpha value is -1.58. The van der Waals surface area contributed by atoms with E-state index in [2.05, 4.69) is 22.5 Å². The maximum Gasteiger partial charge on any atom is 0.225 e. The molecular weight excluding hydrogens is 238 g/mol. The molecule has 0 atom stereocenters. The molecule has 0 bridgehead atoms. The van der Waals surface area contributed by atoms with Gasteiger partial charge in [-0.1, -0.05) is 26.2 Å². The van der Waals surface area contributed by atoms with Gasteiger partial charge >= 0.3 is 0 Å². The number of carbonyl (C=O) groups excluding carboxylic acids is 1. The first-order valence-corrected chi connectivity index (χ1v) is 7.30. The Morgan fingerprint density at radius 3 is 2.79 bits per heavy atom. The summed E-state index contributed by atoms with van der Waals surface area (Å²) in [6.45, 7) is 2.08. The van der Waals surface area contributed by atoms with E-state index in [0.717, 1.165) is 18.5 Å². The zero-order valence-electron chi connectivity index (χ0n) is 11.6. The lowest BCUT2D eigenvalue weighted by Gasteiger charge is -2.13. The topological polar surface area (TPSA) is 54.0 Å². The van der Waals surface area contributed by atoms with Gasteiger partial charge in [-0.25, -0.2) is 4.98 Å². The van der Waals surface area contributed by atoms with Crippen molar-refractivity contribution in [3.63, 3.8) is 0 Å². The van der Waals surface area contributed by atoms with Gasteiger partial charge in [0.25, 0.3) is 0 Å². The SMILES string of the molecule is CCCCC(=O)Nc1ccc(NC2CCCC2)cn1. The summed E-state index contributed by atoms with van der Waals surface area (Å²) in [5, 5.41) is 6.30. The van der Waals surface area contributed by atoms with E-state index < -0.39 is 0 Å². The van der Waals surface area contributed by atoms with Gasteiger partial charge in [-0.3, -0.25) is 4.79 Å². The van der Waals surface area contributed by atoms with E-state index in [-0.39, 0.29) is 5.91 Å². The van der Waals surface area contributed by atoms with E-state index in [1.165, 1.54) is 25.7 Å². The Kier molecular flexibility index (Phi) is 5.19. The van der Waals surface area contributed by atoms with E-state index in [1.807, 2.05) is 12.1 Å². The molecule has 1 fully saturated rings. The molecule has 104 valence electrons. The summed E-state index contributed by atoms with van der Waals surface area (Å²) in [7, 11) is 0. The maximum atomic E-state index is 11.6. The number of hydrogen-bond donors (Lipinski definition) is 2. The standard InChI is InChI=1S/C15H23N3O/c1-2-3-8-15(19)18-14-10-9-13(11-16-14)17-12-6-4-5-7-12/h9-12,17H,2-8H2,1H3,(H,16,18,19). The highest BCUT2D eigenvalue weighted by Crippen LogP contribution is 2.22. The Morgan fingerprint density at radius 2 is 2.16 bits per heavy atom. The summed E-state index contributed by atoms with van der Waals surface area (Å²) in [5.41, 5.74) is 1.04. The van der Waals surface area contributed by atoms with Gasteiger partial charge < -0.3 is 10.6 Å². The molecule has 2 rings (SSSR count). The van der Waals surface area contributed by atoms with Gasteiger partial charge in [0.1, 0.15) is 5.82 Å². The fourth-order valence-electron chi connectivity index (χ4n) is 2.40. The van der Waals surface area contributed by atoms with Crippen LogP contribution in [0.4, 0.5) is 11.5 Å². The Morgan fingerprint density at radius 1 is 1.37 bits per heavy atom. The number of hydrogen-bond acceptors (Lipinski definition) is 3. The molecule has 1 amide bonds. The van der Waals surface area contributed by atoms with Crippen LogP contribution in [0.25, 0.3) is 0 Å². The number of carbonyl (C=O) groups is 1. The zero-order valence-corrected chi connectivity index (χ0v) is 11.6. The third-order valence-electron chi connectivity index (χ3n) is 3.51. The molecular formula is C15H23N3O. The summed E-state index contributed by atoms with van der Waals surface area (Å²) >= 11 is 0. The number of aromatic nitrogens is 1. The predicted molar refractivity (Wildman–Crippen MR) is 78.3 cm³/mol. The second-order valence-electron chi connectivity index (χ2n) is 5.21. The monoisotopic (exact) mass is 261 g/mol. The molecule has 1 aromatic heterocycles. The number of rotatable bonds is 6. The fraction of sp³-hybridized carbons (Fsp3) is 0.600. The highest BCUT2D eigenvalue weighted by molar-refractivity contribution is 5.89. The maximum absolute atomic E-state index is 11.6. The summed E-state index contributed by atoms with van der Waals surface area (Å²) in [6, 6.07) is 4.44. The minimum absolute atomic E-state index is 0.0471. The van der Waals surface area contributed by atoms with Gasteiger partial charge in [0, 0.05) is 12.5 Å². The normalized spacial score (nSPS) is 15.4. The minimum atomic E-state index is 0.0471. The molecule has 0 unspecified atom stereocenters. The molecule has 1 aromatic rings. The van der Waals surface area contributed by atoms with Crippen molar-refractivity contribution in [3.05, 3.63) is 18.3 Å². The highest BCUT2D eigenvalue weighted by atomic mass is 16.1. The van der Waals surface area contributed by atoms with Gasteiger partial charge in [-0.2, -0.15) is 0 Å². The fourth-order valence-corrected chi connectivity index (χ4v) is 2.40. The molecule has 4 heteroatoms. The predicted octanol–water partition coefficient (Wildman–Crippen LogP) is 3.56. The first-order chi connectivity index (χ1) is 9.28. The second kappa shape index (κ2) is 7.12. The van der Waals surface area contributed by atoms with Crippen LogP contribution in [0.2, 0.25) is 0 Å². The van der Waals surface area contributed by atoms with Crippen LogP contribution in [0, 0.1) is 0 Å². The van der Waals surface area contributed by atoms with Crippen LogP contribution in [0.1, 0.15) is 51.9 Å². The average molecular weight is 261 g/mol. The van der Waals surface area contributed by atoms with Crippen LogP contribution >= 0.6 is 0 Å². The van der Waals surface area contributed by atoms with Crippen molar-refractivity contribution in [2.45, 2.75) is 57.9 Å². The Labute approximate surface area is 115 Å². The van der Waals surface area contributed by atoms with Crippen LogP contribution in [0.15, 0.2) is 18.3 Å². The average Bonchev–Trinajstić information content (AvgIpc) is 2.91. The molecule has 0 aliphatic heterocycles. The highest BCUT2D eigenvalue weighted by Gasteiger charge is 2.14. The molecule has 2 N–H and O–H groups in total. The molecule has 1 aliphatic carbocycles. The van der Waals surface area contributed by atoms with Crippen LogP contribution in [-0.4, -0.2) is 16.9 Å². The molecule has 4 nitrogen and oxygen atoms in total. The van der Waals surface area contributed by atoms with E-state index in [0.29, 0.717) is 18.3 Å². The lowest BCUT2D eigenvalue weighted by Crippen LogP contribution is -2.15. The molecule has 0 spiro atoms. The third-order valence-corrected chi connectivity index (χ3v) is 3.51. The van der Waals surface area contributed by atoms with Crippen LogP contribution in [-0.2, 0) is 4.79 Å². The summed E-state index contributed by atoms with van der Waals surface area (Å²) in [4.78, 5) is 15.8. The molecule has 1 heterocycles. The smallest absolute Gasteiger partial charge is 0.225 e. The molecule has 0 radical (unpaired) electrons. The minimum Gasteiger partial charge on any atom is -0.381 e. The van der Waals surface area contributed by atoms with Crippen molar-refractivity contribution in [3.8, 4) is 0 Å². The van der Waals surface area contributed by atoms with Crippen molar-refractivity contribution >= 4 is 17.4 Å². The first kappa shape index (κ1) is 13.8. The Bertz CT molecular complexity index is 396. The van der Waals surface area contributed by atoms with Gasteiger partial charge in [-0.15, -0.1) is 0 Å². The number of pyridine rings is 1. The largest absolute Gasteiger partial charge is 0.381 e. The van der Waals surface area contributed by atoms with E-state index in [9.17, 15) is 4.79 Å². The molecule has 0 saturated heterocycles. The van der Waals surface area contributed by atoms with E-state index in [1.54, 1.807) is 6.20 Å². The third kappa shape index (κ3) is 4.54. The van der Waals surface area contributed by atoms with Crippen molar-refractivity contribution < 1.29 is 4.79 Å². The molecule has 19 heavy (non-hydrogen) atoms. The summed E-state index contributed by atoms with van der Waals surface area (Å²) < 4.78 is 0. The van der Waals surface area contributed by atoms with Crippen molar-refractivity contribution in [2.24, 2.45) is 0 Å². The van der Waals surface area contributed by atoms with Crippen LogP contribution in [0.5, 0.6) is 0 Å². The first-order valence-electron chi connectivity index (χ1n) is 7.30. The van der Waals surface area contributed by atoms with Gasteiger partial charge in [0.15, 0.2) is 0 Å². The number of unbranched alkanes of at least 4 members (excludes halogenated alkanes) is 1. The van der Waals surface area contributed by atoms with Crippen molar-refractivity contribution in [2.75, 3.05) is 10.6 Å².